The van der Waals surface area contributed by atoms with Gasteiger partial charge in [-0.05, 0) is 38.1 Å². The number of anilines is 3. The van der Waals surface area contributed by atoms with Crippen LogP contribution in [-0.2, 0) is 4.79 Å². The van der Waals surface area contributed by atoms with Gasteiger partial charge in [0.2, 0.25) is 5.91 Å². The summed E-state index contributed by atoms with van der Waals surface area (Å²) < 4.78 is 4.98. The van der Waals surface area contributed by atoms with Gasteiger partial charge in [-0.2, -0.15) is 0 Å². The Morgan fingerprint density at radius 2 is 1.83 bits per heavy atom. The molecule has 8 heteroatoms. The molecule has 2 aromatic carbocycles. The summed E-state index contributed by atoms with van der Waals surface area (Å²) in [7, 11) is 0. The standard InChI is InChI=1S/C21H19N5O2S/c1-13-12-18(26-28-13)24-20(27)14(2)29-21-23-17-11-7-6-10-16(17)19(25-21)22-15-8-4-3-5-9-15/h3-12,14H,1-2H3,(H,22,23,25)(H,24,26,27)/t14-/m0/s1. The number of hydrogen-bond donors (Lipinski definition) is 2. The van der Waals surface area contributed by atoms with Gasteiger partial charge in [0.25, 0.3) is 0 Å². The number of carbonyl (C=O) groups excluding carboxylic acids is 1. The highest BCUT2D eigenvalue weighted by molar-refractivity contribution is 8.00. The number of carbonyl (C=O) groups is 1. The first kappa shape index (κ1) is 18.9. The van der Waals surface area contributed by atoms with Gasteiger partial charge in [0.15, 0.2) is 11.0 Å². The third-order valence-electron chi connectivity index (χ3n) is 4.15. The summed E-state index contributed by atoms with van der Waals surface area (Å²) in [5.74, 6) is 1.53. The van der Waals surface area contributed by atoms with E-state index in [1.165, 1.54) is 11.8 Å². The zero-order chi connectivity index (χ0) is 20.2. The number of rotatable bonds is 6. The maximum atomic E-state index is 12.5. The van der Waals surface area contributed by atoms with Gasteiger partial charge in [-0.1, -0.05) is 47.3 Å². The Hall–Kier alpha value is -3.39. The highest BCUT2D eigenvalue weighted by atomic mass is 32.2. The van der Waals surface area contributed by atoms with Gasteiger partial charge in [-0.15, -0.1) is 0 Å². The first-order valence-electron chi connectivity index (χ1n) is 9.08. The number of fused-ring (bicyclic) bond motifs is 1. The Morgan fingerprint density at radius 1 is 1.07 bits per heavy atom. The third-order valence-corrected chi connectivity index (χ3v) is 5.11. The van der Waals surface area contributed by atoms with Crippen LogP contribution >= 0.6 is 11.8 Å². The number of thioether (sulfide) groups is 1. The number of nitrogens with zero attached hydrogens (tertiary/aromatic N) is 3. The highest BCUT2D eigenvalue weighted by Crippen LogP contribution is 2.29. The Morgan fingerprint density at radius 3 is 2.59 bits per heavy atom. The van der Waals surface area contributed by atoms with Gasteiger partial charge in [0.05, 0.1) is 10.8 Å². The zero-order valence-corrected chi connectivity index (χ0v) is 16.7. The predicted octanol–water partition coefficient (Wildman–Crippen LogP) is 4.79. The summed E-state index contributed by atoms with van der Waals surface area (Å²) >= 11 is 1.28. The quantitative estimate of drug-likeness (QED) is 0.352. The van der Waals surface area contributed by atoms with Crippen molar-refractivity contribution < 1.29 is 9.32 Å². The molecule has 29 heavy (non-hydrogen) atoms. The lowest BCUT2D eigenvalue weighted by molar-refractivity contribution is -0.115. The first-order valence-corrected chi connectivity index (χ1v) is 9.96. The van der Waals surface area contributed by atoms with Crippen LogP contribution in [0.5, 0.6) is 0 Å². The number of aryl methyl sites for hydroxylation is 1. The van der Waals surface area contributed by atoms with Crippen LogP contribution in [0.2, 0.25) is 0 Å². The third kappa shape index (κ3) is 4.55. The molecule has 1 atom stereocenters. The molecule has 2 aromatic heterocycles. The molecule has 0 unspecified atom stereocenters. The van der Waals surface area contributed by atoms with E-state index in [0.29, 0.717) is 22.6 Å². The summed E-state index contributed by atoms with van der Waals surface area (Å²) in [5.41, 5.74) is 1.74. The molecule has 0 fully saturated rings. The maximum absolute atomic E-state index is 12.5. The van der Waals surface area contributed by atoms with E-state index in [9.17, 15) is 4.79 Å². The van der Waals surface area contributed by atoms with E-state index in [2.05, 4.69) is 25.8 Å². The fraction of sp³-hybridized carbons (Fsp3) is 0.143. The molecule has 4 rings (SSSR count). The fourth-order valence-electron chi connectivity index (χ4n) is 2.73. The molecule has 0 saturated heterocycles. The van der Waals surface area contributed by atoms with Crippen LogP contribution in [0.1, 0.15) is 12.7 Å². The lowest BCUT2D eigenvalue weighted by Crippen LogP contribution is -2.22. The Labute approximate surface area is 171 Å². The van der Waals surface area contributed by atoms with Crippen molar-refractivity contribution >= 4 is 45.9 Å². The van der Waals surface area contributed by atoms with Gasteiger partial charge in [0, 0.05) is 17.1 Å². The summed E-state index contributed by atoms with van der Waals surface area (Å²) in [6, 6.07) is 19.3. The molecule has 0 aliphatic carbocycles. The van der Waals surface area contributed by atoms with Crippen molar-refractivity contribution in [1.82, 2.24) is 15.1 Å². The number of para-hydroxylation sites is 2. The van der Waals surface area contributed by atoms with Crippen molar-refractivity contribution in [2.24, 2.45) is 0 Å². The van der Waals surface area contributed by atoms with Gasteiger partial charge in [-0.3, -0.25) is 4.79 Å². The monoisotopic (exact) mass is 405 g/mol. The van der Waals surface area contributed by atoms with Gasteiger partial charge in [-0.25, -0.2) is 9.97 Å². The molecule has 0 spiro atoms. The van der Waals surface area contributed by atoms with Crippen molar-refractivity contribution in [2.75, 3.05) is 10.6 Å². The molecule has 0 aliphatic rings. The van der Waals surface area contributed by atoms with Gasteiger partial charge >= 0.3 is 0 Å². The molecule has 0 saturated carbocycles. The zero-order valence-electron chi connectivity index (χ0n) is 15.9. The summed E-state index contributed by atoms with van der Waals surface area (Å²) in [5, 5.41) is 10.9. The lowest BCUT2D eigenvalue weighted by atomic mass is 10.2. The van der Waals surface area contributed by atoms with Crippen LogP contribution in [0.25, 0.3) is 10.9 Å². The second-order valence-electron chi connectivity index (χ2n) is 6.44. The minimum Gasteiger partial charge on any atom is -0.360 e. The largest absolute Gasteiger partial charge is 0.360 e. The molecule has 4 aromatic rings. The number of hydrogen-bond acceptors (Lipinski definition) is 7. The van der Waals surface area contributed by atoms with E-state index in [1.807, 2.05) is 54.6 Å². The van der Waals surface area contributed by atoms with Crippen molar-refractivity contribution in [2.45, 2.75) is 24.3 Å². The van der Waals surface area contributed by atoms with E-state index in [4.69, 9.17) is 4.52 Å². The van der Waals surface area contributed by atoms with E-state index >= 15 is 0 Å². The topological polar surface area (TPSA) is 92.9 Å². The maximum Gasteiger partial charge on any atom is 0.238 e. The van der Waals surface area contributed by atoms with Crippen LogP contribution < -0.4 is 10.6 Å². The molecule has 1 amide bonds. The smallest absolute Gasteiger partial charge is 0.238 e. The normalized spacial score (nSPS) is 11.9. The highest BCUT2D eigenvalue weighted by Gasteiger charge is 2.19. The average molecular weight is 405 g/mol. The van der Waals surface area contributed by atoms with Crippen LogP contribution in [0.15, 0.2) is 70.3 Å². The molecule has 2 heterocycles. The summed E-state index contributed by atoms with van der Waals surface area (Å²) in [6.07, 6.45) is 0. The lowest BCUT2D eigenvalue weighted by Gasteiger charge is -2.13. The van der Waals surface area contributed by atoms with E-state index < -0.39 is 5.25 Å². The number of aromatic nitrogens is 3. The second kappa shape index (κ2) is 8.32. The van der Waals surface area contributed by atoms with Crippen LogP contribution in [0.4, 0.5) is 17.3 Å². The fourth-order valence-corrected chi connectivity index (χ4v) is 3.50. The van der Waals surface area contributed by atoms with Gasteiger partial charge in [0.1, 0.15) is 11.6 Å². The molecule has 7 nitrogen and oxygen atoms in total. The van der Waals surface area contributed by atoms with Crippen molar-refractivity contribution in [1.29, 1.82) is 0 Å². The first-order chi connectivity index (χ1) is 14.1. The molecular formula is C21H19N5O2S. The Bertz CT molecular complexity index is 1150. The van der Waals surface area contributed by atoms with Crippen molar-refractivity contribution in [3.8, 4) is 0 Å². The van der Waals surface area contributed by atoms with Crippen molar-refractivity contribution in [3.05, 3.63) is 66.4 Å². The molecule has 0 bridgehead atoms. The van der Waals surface area contributed by atoms with E-state index in [-0.39, 0.29) is 5.91 Å². The SMILES string of the molecule is Cc1cc(NC(=O)[C@H](C)Sc2nc(Nc3ccccc3)c3ccccc3n2)no1. The molecule has 0 aliphatic heterocycles. The predicted molar refractivity (Wildman–Crippen MR) is 114 cm³/mol. The summed E-state index contributed by atoms with van der Waals surface area (Å²) in [4.78, 5) is 21.7. The Kier molecular flexibility index (Phi) is 5.44. The van der Waals surface area contributed by atoms with E-state index in [1.54, 1.807) is 19.9 Å². The van der Waals surface area contributed by atoms with Crippen molar-refractivity contribution in [3.63, 3.8) is 0 Å². The molecular weight excluding hydrogens is 386 g/mol. The van der Waals surface area contributed by atoms with Gasteiger partial charge < -0.3 is 15.2 Å². The molecule has 0 radical (unpaired) electrons. The molecule has 146 valence electrons. The van der Waals surface area contributed by atoms with Crippen LogP contribution in [0, 0.1) is 6.92 Å². The van der Waals surface area contributed by atoms with Crippen LogP contribution in [0.3, 0.4) is 0 Å². The molecule has 2 N–H and O–H groups in total. The summed E-state index contributed by atoms with van der Waals surface area (Å²) in [6.45, 7) is 3.57. The number of amides is 1. The van der Waals surface area contributed by atoms with E-state index in [0.717, 1.165) is 16.6 Å². The number of benzene rings is 2. The minimum atomic E-state index is -0.419. The second-order valence-corrected chi connectivity index (χ2v) is 7.74. The number of nitrogens with one attached hydrogen (secondary N) is 2. The Balaban J connectivity index is 1.57. The average Bonchev–Trinajstić information content (AvgIpc) is 3.13. The minimum absolute atomic E-state index is 0.197. The van der Waals surface area contributed by atoms with Crippen LogP contribution in [-0.4, -0.2) is 26.3 Å².